The number of nitrogens with one attached hydrogen (secondary N) is 1. The Morgan fingerprint density at radius 3 is 2.42 bits per heavy atom. The zero-order valence-corrected chi connectivity index (χ0v) is 19.5. The summed E-state index contributed by atoms with van der Waals surface area (Å²) in [4.78, 5) is 51.4. The van der Waals surface area contributed by atoms with Crippen molar-refractivity contribution in [2.75, 3.05) is 12.4 Å². The van der Waals surface area contributed by atoms with Gasteiger partial charge in [0.05, 0.1) is 31.0 Å². The van der Waals surface area contributed by atoms with E-state index < -0.39 is 18.0 Å². The van der Waals surface area contributed by atoms with Gasteiger partial charge >= 0.3 is 5.97 Å². The van der Waals surface area contributed by atoms with Crippen molar-refractivity contribution in [3.8, 4) is 5.75 Å². The lowest BCUT2D eigenvalue weighted by Crippen LogP contribution is -2.32. The summed E-state index contributed by atoms with van der Waals surface area (Å²) in [5, 5.41) is 3.38. The van der Waals surface area contributed by atoms with Gasteiger partial charge < -0.3 is 19.2 Å². The first-order chi connectivity index (χ1) is 17.4. The molecule has 0 spiro atoms. The third-order valence-electron chi connectivity index (χ3n) is 6.09. The van der Waals surface area contributed by atoms with Gasteiger partial charge in [-0.2, -0.15) is 0 Å². The van der Waals surface area contributed by atoms with Crippen LogP contribution in [-0.4, -0.2) is 36.7 Å². The smallest absolute Gasteiger partial charge is 0.311 e. The zero-order chi connectivity index (χ0) is 25.4. The van der Waals surface area contributed by atoms with Crippen molar-refractivity contribution in [2.45, 2.75) is 19.4 Å². The Bertz CT molecular complexity index is 1550. The average molecular weight is 483 g/mol. The van der Waals surface area contributed by atoms with Gasteiger partial charge in [-0.25, -0.2) is 0 Å². The predicted octanol–water partition coefficient (Wildman–Crippen LogP) is 4.33. The van der Waals surface area contributed by atoms with Crippen molar-refractivity contribution in [1.29, 1.82) is 0 Å². The second kappa shape index (κ2) is 9.14. The van der Waals surface area contributed by atoms with Crippen molar-refractivity contribution < 1.29 is 33.1 Å². The maximum Gasteiger partial charge on any atom is 0.311 e. The molecule has 1 heterocycles. The quantitative estimate of drug-likeness (QED) is 0.358. The second-order valence-electron chi connectivity index (χ2n) is 8.35. The normalized spacial score (nSPS) is 13.1. The summed E-state index contributed by atoms with van der Waals surface area (Å²) in [5.41, 5.74) is 2.30. The summed E-state index contributed by atoms with van der Waals surface area (Å²) >= 11 is 0. The maximum absolute atomic E-state index is 13.1. The lowest BCUT2D eigenvalue weighted by atomic mass is 9.83. The molecule has 1 amide bonds. The molecule has 0 fully saturated rings. The Morgan fingerprint density at radius 2 is 1.67 bits per heavy atom. The van der Waals surface area contributed by atoms with Gasteiger partial charge in [0.2, 0.25) is 0 Å². The fraction of sp³-hybridized carbons (Fsp3) is 0.143. The molecular formula is C28H21NO7. The van der Waals surface area contributed by atoms with E-state index in [4.69, 9.17) is 13.9 Å². The van der Waals surface area contributed by atoms with Crippen LogP contribution in [0.5, 0.6) is 5.75 Å². The molecule has 180 valence electrons. The Balaban J connectivity index is 1.30. The number of carbonyl (C=O) groups is 4. The number of anilines is 1. The third kappa shape index (κ3) is 4.02. The first-order valence-corrected chi connectivity index (χ1v) is 11.2. The highest BCUT2D eigenvalue weighted by atomic mass is 16.5. The Labute approximate surface area is 205 Å². The molecule has 1 atom stereocenters. The van der Waals surface area contributed by atoms with E-state index in [1.807, 2.05) is 0 Å². The molecular weight excluding hydrogens is 462 g/mol. The summed E-state index contributed by atoms with van der Waals surface area (Å²) < 4.78 is 16.0. The first-order valence-electron chi connectivity index (χ1n) is 11.2. The van der Waals surface area contributed by atoms with Gasteiger partial charge in [0.1, 0.15) is 11.3 Å². The van der Waals surface area contributed by atoms with E-state index in [-0.39, 0.29) is 40.4 Å². The van der Waals surface area contributed by atoms with Crippen molar-refractivity contribution in [2.24, 2.45) is 0 Å². The fourth-order valence-corrected chi connectivity index (χ4v) is 4.26. The van der Waals surface area contributed by atoms with E-state index in [0.29, 0.717) is 22.5 Å². The number of esters is 1. The van der Waals surface area contributed by atoms with Gasteiger partial charge in [-0.15, -0.1) is 0 Å². The molecule has 8 heteroatoms. The summed E-state index contributed by atoms with van der Waals surface area (Å²) in [6.07, 6.45) is 0.224. The van der Waals surface area contributed by atoms with E-state index in [9.17, 15) is 19.2 Å². The largest absolute Gasteiger partial charge is 0.497 e. The van der Waals surface area contributed by atoms with Crippen molar-refractivity contribution in [3.63, 3.8) is 0 Å². The maximum atomic E-state index is 13.1. The molecule has 8 nitrogen and oxygen atoms in total. The van der Waals surface area contributed by atoms with E-state index >= 15 is 0 Å². The minimum Gasteiger partial charge on any atom is -0.497 e. The van der Waals surface area contributed by atoms with Crippen molar-refractivity contribution in [1.82, 2.24) is 0 Å². The van der Waals surface area contributed by atoms with Crippen LogP contribution < -0.4 is 10.1 Å². The number of fused-ring (bicyclic) bond motifs is 3. The monoisotopic (exact) mass is 483 g/mol. The summed E-state index contributed by atoms with van der Waals surface area (Å²) in [5.74, 6) is -1.27. The fourth-order valence-electron chi connectivity index (χ4n) is 4.26. The average Bonchev–Trinajstić information content (AvgIpc) is 3.28. The minimum atomic E-state index is -1.15. The molecule has 0 saturated heterocycles. The standard InChI is InChI=1S/C28H21NO7/c1-15(36-24(30)12-16-14-35-23-13-17(34-2)10-11-18(16)23)28(33)29-22-9-5-8-21-25(22)27(32)20-7-4-3-6-19(20)26(21)31/h3-11,13-15H,12H2,1-2H3,(H,29,33). The van der Waals surface area contributed by atoms with Crippen LogP contribution in [0.25, 0.3) is 11.0 Å². The number of hydrogen-bond acceptors (Lipinski definition) is 7. The molecule has 1 aliphatic carbocycles. The molecule has 3 aromatic carbocycles. The van der Waals surface area contributed by atoms with E-state index in [2.05, 4.69) is 5.32 Å². The van der Waals surface area contributed by atoms with Gasteiger partial charge in [-0.1, -0.05) is 36.4 Å². The van der Waals surface area contributed by atoms with Gasteiger partial charge in [-0.05, 0) is 25.1 Å². The summed E-state index contributed by atoms with van der Waals surface area (Å²) in [7, 11) is 1.55. The number of amides is 1. The van der Waals surface area contributed by atoms with Gasteiger partial charge in [-0.3, -0.25) is 19.2 Å². The molecule has 5 rings (SSSR count). The van der Waals surface area contributed by atoms with E-state index in [1.54, 1.807) is 61.7 Å². The topological polar surface area (TPSA) is 112 Å². The molecule has 36 heavy (non-hydrogen) atoms. The van der Waals surface area contributed by atoms with Crippen LogP contribution in [0.4, 0.5) is 5.69 Å². The number of methoxy groups -OCH3 is 1. The molecule has 1 unspecified atom stereocenters. The van der Waals surface area contributed by atoms with E-state index in [0.717, 1.165) is 5.39 Å². The molecule has 0 saturated carbocycles. The summed E-state index contributed by atoms with van der Waals surface area (Å²) in [6, 6.07) is 16.5. The Hall–Kier alpha value is -4.72. The number of rotatable bonds is 6. The second-order valence-corrected chi connectivity index (χ2v) is 8.35. The SMILES string of the molecule is COc1ccc2c(CC(=O)OC(C)C(=O)Nc3cccc4c3C(=O)c3ccccc3C4=O)coc2c1. The highest BCUT2D eigenvalue weighted by Crippen LogP contribution is 2.32. The van der Waals surface area contributed by atoms with Crippen molar-refractivity contribution >= 4 is 40.1 Å². The number of hydrogen-bond donors (Lipinski definition) is 1. The molecule has 0 radical (unpaired) electrons. The molecule has 1 N–H and O–H groups in total. The number of furan rings is 1. The van der Waals surface area contributed by atoms with Crippen LogP contribution in [0.2, 0.25) is 0 Å². The van der Waals surface area contributed by atoms with E-state index in [1.165, 1.54) is 19.3 Å². The molecule has 0 bridgehead atoms. The Morgan fingerprint density at radius 1 is 0.944 bits per heavy atom. The van der Waals surface area contributed by atoms with Crippen LogP contribution in [0, 0.1) is 0 Å². The molecule has 1 aromatic heterocycles. The van der Waals surface area contributed by atoms with Gasteiger partial charge in [0.15, 0.2) is 17.7 Å². The lowest BCUT2D eigenvalue weighted by molar-refractivity contribution is -0.152. The zero-order valence-electron chi connectivity index (χ0n) is 19.5. The predicted molar refractivity (Wildman–Crippen MR) is 130 cm³/mol. The molecule has 4 aromatic rings. The van der Waals surface area contributed by atoms with Crippen LogP contribution in [0.1, 0.15) is 44.3 Å². The molecule has 0 aliphatic heterocycles. The van der Waals surface area contributed by atoms with Crippen LogP contribution in [0.3, 0.4) is 0 Å². The summed E-state index contributed by atoms with van der Waals surface area (Å²) in [6.45, 7) is 1.43. The number of benzene rings is 3. The Kier molecular flexibility index (Phi) is 5.85. The van der Waals surface area contributed by atoms with Crippen LogP contribution >= 0.6 is 0 Å². The van der Waals surface area contributed by atoms with Crippen LogP contribution in [-0.2, 0) is 20.7 Å². The first kappa shape index (κ1) is 23.0. The van der Waals surface area contributed by atoms with Gasteiger partial charge in [0, 0.05) is 33.7 Å². The number of ether oxygens (including phenoxy) is 2. The number of ketones is 2. The molecule has 1 aliphatic rings. The van der Waals surface area contributed by atoms with Crippen molar-refractivity contribution in [3.05, 3.63) is 94.7 Å². The third-order valence-corrected chi connectivity index (χ3v) is 6.09. The minimum absolute atomic E-state index is 0.0958. The highest BCUT2D eigenvalue weighted by Gasteiger charge is 2.32. The number of carbonyl (C=O) groups excluding carboxylic acids is 4. The highest BCUT2D eigenvalue weighted by molar-refractivity contribution is 6.30. The lowest BCUT2D eigenvalue weighted by Gasteiger charge is -2.21. The van der Waals surface area contributed by atoms with Crippen LogP contribution in [0.15, 0.2) is 71.3 Å². The van der Waals surface area contributed by atoms with Gasteiger partial charge in [0.25, 0.3) is 5.91 Å².